The summed E-state index contributed by atoms with van der Waals surface area (Å²) >= 11 is -0.677. The molecule has 0 aliphatic carbocycles. The lowest BCUT2D eigenvalue weighted by Crippen LogP contribution is -2.39. The number of alkyl halides is 12. The number of rotatable bonds is 10. The monoisotopic (exact) mass is 1090 g/mol. The molecule has 0 unspecified atom stereocenters. The van der Waals surface area contributed by atoms with Gasteiger partial charge in [-0.3, -0.25) is 19.2 Å². The average molecular weight is 1090 g/mol. The number of halogens is 12. The number of piperidine rings is 2. The zero-order chi connectivity index (χ0) is 54.4. The summed E-state index contributed by atoms with van der Waals surface area (Å²) in [5, 5.41) is 18.8. The molecule has 0 bridgehead atoms. The third kappa shape index (κ3) is 11.9. The van der Waals surface area contributed by atoms with Crippen LogP contribution < -0.4 is 9.78 Å². The predicted octanol–water partition coefficient (Wildman–Crippen LogP) is 11.7. The van der Waals surface area contributed by atoms with E-state index in [2.05, 4.69) is 0 Å². The van der Waals surface area contributed by atoms with E-state index in [1.165, 1.54) is 24.3 Å². The van der Waals surface area contributed by atoms with E-state index in [4.69, 9.17) is 19.6 Å². The van der Waals surface area contributed by atoms with Gasteiger partial charge >= 0.3 is 36.6 Å². The van der Waals surface area contributed by atoms with Gasteiger partial charge in [-0.25, -0.2) is 0 Å². The highest BCUT2D eigenvalue weighted by Crippen LogP contribution is 2.55. The first kappa shape index (κ1) is 54.5. The topological polar surface area (TPSA) is 152 Å². The van der Waals surface area contributed by atoms with Crippen LogP contribution in [0, 0.1) is 11.8 Å². The Kier molecular flexibility index (Phi) is 15.4. The van der Waals surface area contributed by atoms with E-state index in [1.54, 1.807) is 0 Å². The highest BCUT2D eigenvalue weighted by molar-refractivity contribution is 7.99. The van der Waals surface area contributed by atoms with Crippen molar-refractivity contribution in [3.05, 3.63) is 105 Å². The molecular formula is C50H40F12N2O10S. The molecule has 2 amide bonds. The van der Waals surface area contributed by atoms with Gasteiger partial charge in [0.05, 0.1) is 47.3 Å². The standard InChI is InChI=1S/C50H40F12N2O10S/c51-47(52,53)41-31(3-7-39(65)63-15-9-25(10-16-63)45(67)68)33(27-1-5-35-29(21-27)13-19-71-73-35)23-37(43(41)49(57,58)59)75-38-24-34(28-2-6-36-30(22-28)14-20-72-74-36)32(42(48(54,55)56)44(38)50(60,61)62)4-8-40(66)64-17-11-26(12-18-64)46(69)70/h1-8,21-26H,9-20H2,(H,67,68)(H,69,70)/b7-3+,8-4+. The molecule has 2 N–H and O–H groups in total. The second-order valence-corrected chi connectivity index (χ2v) is 18.8. The number of amides is 2. The van der Waals surface area contributed by atoms with Crippen LogP contribution in [0.2, 0.25) is 0 Å². The Morgan fingerprint density at radius 1 is 0.520 bits per heavy atom. The van der Waals surface area contributed by atoms with Crippen LogP contribution in [-0.2, 0) is 66.5 Å². The molecule has 25 heteroatoms. The highest BCUT2D eigenvalue weighted by Gasteiger charge is 2.50. The molecule has 400 valence electrons. The molecule has 4 aliphatic heterocycles. The fourth-order valence-corrected chi connectivity index (χ4v) is 10.6. The van der Waals surface area contributed by atoms with E-state index >= 15 is 52.7 Å². The maximum Gasteiger partial charge on any atom is 0.418 e. The number of benzene rings is 4. The number of nitrogens with zero attached hydrogens (tertiary/aromatic N) is 2. The summed E-state index contributed by atoms with van der Waals surface area (Å²) < 4.78 is 188. The van der Waals surface area contributed by atoms with Gasteiger partial charge in [-0.2, -0.15) is 62.5 Å². The number of hydrogen-bond acceptors (Lipinski definition) is 9. The number of likely N-dealkylation sites (tertiary alicyclic amines) is 2. The van der Waals surface area contributed by atoms with Crippen LogP contribution in [0.1, 0.15) is 70.2 Å². The predicted molar refractivity (Wildman–Crippen MR) is 240 cm³/mol. The van der Waals surface area contributed by atoms with Crippen molar-refractivity contribution >= 4 is 47.7 Å². The van der Waals surface area contributed by atoms with Crippen LogP contribution in [0.15, 0.2) is 70.5 Å². The van der Waals surface area contributed by atoms with Crippen molar-refractivity contribution in [1.82, 2.24) is 9.80 Å². The number of fused-ring (bicyclic) bond motifs is 2. The van der Waals surface area contributed by atoms with Gasteiger partial charge in [-0.1, -0.05) is 23.9 Å². The van der Waals surface area contributed by atoms with Gasteiger partial charge in [-0.05, 0) is 108 Å². The molecule has 0 saturated carbocycles. The number of carboxylic acids is 2. The third-order valence-corrected chi connectivity index (χ3v) is 14.1. The van der Waals surface area contributed by atoms with E-state index in [0.29, 0.717) is 36.4 Å². The van der Waals surface area contributed by atoms with E-state index < -0.39 is 126 Å². The largest absolute Gasteiger partial charge is 0.481 e. The normalized spacial score (nSPS) is 17.2. The van der Waals surface area contributed by atoms with Gasteiger partial charge in [0, 0.05) is 72.1 Å². The minimum Gasteiger partial charge on any atom is -0.481 e. The molecule has 75 heavy (non-hydrogen) atoms. The number of carbonyl (C=O) groups excluding carboxylic acids is 2. The van der Waals surface area contributed by atoms with Crippen molar-refractivity contribution < 1.29 is 102 Å². The Morgan fingerprint density at radius 2 is 0.867 bits per heavy atom. The van der Waals surface area contributed by atoms with Crippen molar-refractivity contribution in [2.75, 3.05) is 39.4 Å². The minimum absolute atomic E-state index is 0.0430. The fourth-order valence-electron chi connectivity index (χ4n) is 9.38. The molecule has 4 aromatic carbocycles. The van der Waals surface area contributed by atoms with Gasteiger partial charge in [0.15, 0.2) is 11.5 Å². The van der Waals surface area contributed by atoms with Gasteiger partial charge < -0.3 is 29.8 Å². The number of hydrogen-bond donors (Lipinski definition) is 2. The van der Waals surface area contributed by atoms with Crippen LogP contribution in [-0.4, -0.2) is 83.2 Å². The van der Waals surface area contributed by atoms with Crippen molar-refractivity contribution in [2.24, 2.45) is 11.8 Å². The van der Waals surface area contributed by atoms with Crippen LogP contribution in [0.5, 0.6) is 11.5 Å². The molecule has 0 atom stereocenters. The third-order valence-electron chi connectivity index (χ3n) is 13.1. The molecule has 8 rings (SSSR count). The Balaban J connectivity index is 1.38. The van der Waals surface area contributed by atoms with Crippen molar-refractivity contribution in [3.63, 3.8) is 0 Å². The lowest BCUT2D eigenvalue weighted by molar-refractivity contribution is -0.215. The molecule has 4 aliphatic rings. The second kappa shape index (κ2) is 21.1. The highest BCUT2D eigenvalue weighted by atomic mass is 32.2. The lowest BCUT2D eigenvalue weighted by atomic mass is 9.89. The average Bonchev–Trinajstić information content (AvgIpc) is 3.35. The Morgan fingerprint density at radius 3 is 1.19 bits per heavy atom. The summed E-state index contributed by atoms with van der Waals surface area (Å²) in [6.45, 7) is -0.957. The minimum atomic E-state index is -6.12. The molecule has 0 spiro atoms. The quantitative estimate of drug-likeness (QED) is 0.0887. The van der Waals surface area contributed by atoms with Gasteiger partial charge in [0.25, 0.3) is 0 Å². The van der Waals surface area contributed by atoms with E-state index in [-0.39, 0.29) is 112 Å². The van der Waals surface area contributed by atoms with Crippen LogP contribution >= 0.6 is 11.8 Å². The number of carboxylic acid groups (broad SMARTS) is 2. The SMILES string of the molecule is O=C(O)C1CCN(C(=O)/C=C/c2c(-c3ccc4c(c3)CCOO4)cc(Sc3cc(-c4ccc5c(c4)CCOO5)c(/C=C/C(=O)N4CCC(C(=O)O)CC4)c(C(F)(F)F)c3C(F)(F)F)c(C(F)(F)F)c2C(F)(F)F)CC1. The van der Waals surface area contributed by atoms with Crippen molar-refractivity contribution in [3.8, 4) is 33.8 Å². The molecule has 0 aromatic heterocycles. The smallest absolute Gasteiger partial charge is 0.418 e. The Labute approximate surface area is 421 Å². The van der Waals surface area contributed by atoms with Crippen molar-refractivity contribution in [1.29, 1.82) is 0 Å². The zero-order valence-corrected chi connectivity index (χ0v) is 39.4. The van der Waals surface area contributed by atoms with Gasteiger partial charge in [-0.15, -0.1) is 0 Å². The lowest BCUT2D eigenvalue weighted by Gasteiger charge is -2.29. The summed E-state index contributed by atoms with van der Waals surface area (Å²) in [7, 11) is 0. The second-order valence-electron chi connectivity index (χ2n) is 17.8. The fraction of sp³-hybridized carbons (Fsp3) is 0.360. The molecule has 2 fully saturated rings. The Bertz CT molecular complexity index is 2770. The van der Waals surface area contributed by atoms with Gasteiger partial charge in [0.2, 0.25) is 11.8 Å². The van der Waals surface area contributed by atoms with E-state index in [9.17, 15) is 29.4 Å². The molecule has 0 radical (unpaired) electrons. The summed E-state index contributed by atoms with van der Waals surface area (Å²) in [4.78, 5) is 68.8. The first-order valence-electron chi connectivity index (χ1n) is 22.8. The first-order valence-corrected chi connectivity index (χ1v) is 23.7. The summed E-state index contributed by atoms with van der Waals surface area (Å²) in [6.07, 6.45) is -22.5. The maximum absolute atomic E-state index is 15.7. The number of aliphatic carboxylic acids is 2. The molecule has 4 aromatic rings. The molecule has 12 nitrogen and oxygen atoms in total. The Hall–Kier alpha value is -6.73. The number of carbonyl (C=O) groups is 4. The van der Waals surface area contributed by atoms with Crippen molar-refractivity contribution in [2.45, 2.75) is 73.0 Å². The van der Waals surface area contributed by atoms with Crippen LogP contribution in [0.3, 0.4) is 0 Å². The molecular weight excluding hydrogens is 1050 g/mol. The first-order chi connectivity index (χ1) is 35.2. The van der Waals surface area contributed by atoms with Gasteiger partial charge in [0.1, 0.15) is 0 Å². The van der Waals surface area contributed by atoms with E-state index in [0.717, 1.165) is 21.9 Å². The summed E-state index contributed by atoms with van der Waals surface area (Å²) in [5.74, 6) is -6.01. The van der Waals surface area contributed by atoms with Crippen LogP contribution in [0.25, 0.3) is 34.4 Å². The molecule has 4 heterocycles. The summed E-state index contributed by atoms with van der Waals surface area (Å²) in [6, 6.07) is 7.82. The van der Waals surface area contributed by atoms with E-state index in [1.807, 2.05) is 0 Å². The zero-order valence-electron chi connectivity index (χ0n) is 38.6. The van der Waals surface area contributed by atoms with Crippen LogP contribution in [0.4, 0.5) is 52.7 Å². The maximum atomic E-state index is 15.7. The summed E-state index contributed by atoms with van der Waals surface area (Å²) in [5.41, 5.74) is -14.4. The molecule has 2 saturated heterocycles.